The molecule has 0 N–H and O–H groups in total. The van der Waals surface area contributed by atoms with Crippen molar-refractivity contribution in [2.75, 3.05) is 0 Å². The van der Waals surface area contributed by atoms with Crippen LogP contribution in [0.3, 0.4) is 0 Å². The predicted molar refractivity (Wildman–Crippen MR) is 94.3 cm³/mol. The van der Waals surface area contributed by atoms with Gasteiger partial charge >= 0.3 is 0 Å². The Morgan fingerprint density at radius 3 is 2.72 bits per heavy atom. The molecule has 0 aliphatic heterocycles. The number of aromatic nitrogens is 4. The number of nitrogens with zero attached hydrogens (tertiary/aromatic N) is 4. The maximum Gasteiger partial charge on any atom is 0.267 e. The van der Waals surface area contributed by atoms with E-state index in [4.69, 9.17) is 4.52 Å². The molecule has 25 heavy (non-hydrogen) atoms. The fourth-order valence-corrected chi connectivity index (χ4v) is 3.00. The highest BCUT2D eigenvalue weighted by Gasteiger charge is 2.14. The quantitative estimate of drug-likeness (QED) is 0.576. The molecule has 0 aliphatic carbocycles. The third-order valence-corrected chi connectivity index (χ3v) is 4.19. The Labute approximate surface area is 143 Å². The second-order valence-corrected chi connectivity index (χ2v) is 5.91. The van der Waals surface area contributed by atoms with Gasteiger partial charge in [0.2, 0.25) is 0 Å². The van der Waals surface area contributed by atoms with Crippen molar-refractivity contribution in [1.82, 2.24) is 19.9 Å². The summed E-state index contributed by atoms with van der Waals surface area (Å²) in [6.45, 7) is 4.04. The molecule has 1 aromatic carbocycles. The second-order valence-electron chi connectivity index (χ2n) is 5.91. The smallest absolute Gasteiger partial charge is 0.267 e. The number of para-hydroxylation sites is 1. The zero-order valence-electron chi connectivity index (χ0n) is 13.9. The average Bonchev–Trinajstić information content (AvgIpc) is 2.96. The highest BCUT2D eigenvalue weighted by molar-refractivity contribution is 5.81. The van der Waals surface area contributed by atoms with Gasteiger partial charge in [0.15, 0.2) is 0 Å². The lowest BCUT2D eigenvalue weighted by atomic mass is 10.1. The first-order chi connectivity index (χ1) is 12.1. The molecule has 0 saturated carbocycles. The van der Waals surface area contributed by atoms with Crippen LogP contribution in [0.1, 0.15) is 17.0 Å². The first-order valence-electron chi connectivity index (χ1n) is 7.97. The molecule has 0 atom stereocenters. The lowest BCUT2D eigenvalue weighted by Crippen LogP contribution is -2.23. The van der Waals surface area contributed by atoms with Crippen LogP contribution in [0.15, 0.2) is 58.0 Å². The van der Waals surface area contributed by atoms with Crippen molar-refractivity contribution in [3.8, 4) is 11.3 Å². The van der Waals surface area contributed by atoms with Gasteiger partial charge < -0.3 is 4.52 Å². The normalized spacial score (nSPS) is 11.1. The molecule has 3 aromatic heterocycles. The lowest BCUT2D eigenvalue weighted by molar-refractivity contribution is 0.393. The van der Waals surface area contributed by atoms with E-state index in [1.807, 2.05) is 44.2 Å². The van der Waals surface area contributed by atoms with Gasteiger partial charge in [-0.1, -0.05) is 29.4 Å². The fraction of sp³-hybridized carbons (Fsp3) is 0.158. The largest absolute Gasteiger partial charge is 0.361 e. The molecule has 6 nitrogen and oxygen atoms in total. The van der Waals surface area contributed by atoms with Gasteiger partial charge in [0.1, 0.15) is 5.76 Å². The number of aryl methyl sites for hydroxylation is 2. The summed E-state index contributed by atoms with van der Waals surface area (Å²) < 4.78 is 6.66. The summed E-state index contributed by atoms with van der Waals surface area (Å²) in [5.41, 5.74) is 3.91. The van der Waals surface area contributed by atoms with Crippen molar-refractivity contribution < 1.29 is 4.52 Å². The first kappa shape index (κ1) is 15.3. The molecule has 124 valence electrons. The minimum absolute atomic E-state index is 0.163. The van der Waals surface area contributed by atoms with E-state index in [-0.39, 0.29) is 5.56 Å². The van der Waals surface area contributed by atoms with Crippen molar-refractivity contribution in [2.24, 2.45) is 0 Å². The van der Waals surface area contributed by atoms with E-state index >= 15 is 0 Å². The van der Waals surface area contributed by atoms with Crippen LogP contribution < -0.4 is 5.56 Å². The molecule has 3 heterocycles. The van der Waals surface area contributed by atoms with Gasteiger partial charge in [0, 0.05) is 17.6 Å². The highest BCUT2D eigenvalue weighted by Crippen LogP contribution is 2.24. The molecule has 0 radical (unpaired) electrons. The van der Waals surface area contributed by atoms with Gasteiger partial charge in [-0.3, -0.25) is 9.78 Å². The Bertz CT molecular complexity index is 1100. The molecular weight excluding hydrogens is 316 g/mol. The van der Waals surface area contributed by atoms with E-state index in [9.17, 15) is 4.79 Å². The van der Waals surface area contributed by atoms with E-state index in [0.717, 1.165) is 27.7 Å². The molecule has 0 bridgehead atoms. The van der Waals surface area contributed by atoms with Crippen molar-refractivity contribution in [1.29, 1.82) is 0 Å². The third-order valence-electron chi connectivity index (χ3n) is 4.19. The summed E-state index contributed by atoms with van der Waals surface area (Å²) in [5.74, 6) is 0.682. The van der Waals surface area contributed by atoms with Gasteiger partial charge in [-0.25, -0.2) is 4.68 Å². The minimum Gasteiger partial charge on any atom is -0.361 e. The summed E-state index contributed by atoms with van der Waals surface area (Å²) in [4.78, 5) is 16.7. The Morgan fingerprint density at radius 2 is 1.92 bits per heavy atom. The molecule has 0 spiro atoms. The molecule has 0 saturated heterocycles. The summed E-state index contributed by atoms with van der Waals surface area (Å²) in [5, 5.41) is 9.51. The molecule has 0 amide bonds. The maximum atomic E-state index is 12.3. The first-order valence-corrected chi connectivity index (χ1v) is 7.97. The van der Waals surface area contributed by atoms with Gasteiger partial charge in [0.25, 0.3) is 5.56 Å². The fourth-order valence-electron chi connectivity index (χ4n) is 3.00. The zero-order valence-corrected chi connectivity index (χ0v) is 13.9. The standard InChI is InChI=1S/C19H16N4O2/c1-12-18(13(2)25-22-12)16-8-9-17(24)23(21-16)11-15-6-3-5-14-7-4-10-20-19(14)15/h3-10H,11H2,1-2H3. The average molecular weight is 332 g/mol. The minimum atomic E-state index is -0.163. The van der Waals surface area contributed by atoms with E-state index < -0.39 is 0 Å². The molecule has 4 rings (SSSR count). The lowest BCUT2D eigenvalue weighted by Gasteiger charge is -2.09. The van der Waals surface area contributed by atoms with Gasteiger partial charge in [-0.2, -0.15) is 5.10 Å². The molecule has 0 aliphatic rings. The van der Waals surface area contributed by atoms with Crippen molar-refractivity contribution in [3.05, 3.63) is 76.0 Å². The zero-order chi connectivity index (χ0) is 17.4. The van der Waals surface area contributed by atoms with Crippen molar-refractivity contribution in [2.45, 2.75) is 20.4 Å². The summed E-state index contributed by atoms with van der Waals surface area (Å²) in [7, 11) is 0. The summed E-state index contributed by atoms with van der Waals surface area (Å²) >= 11 is 0. The Balaban J connectivity index is 1.81. The molecule has 0 fully saturated rings. The molecule has 4 aromatic rings. The van der Waals surface area contributed by atoms with Crippen LogP contribution in [0.4, 0.5) is 0 Å². The monoisotopic (exact) mass is 332 g/mol. The second kappa shape index (κ2) is 5.98. The number of rotatable bonds is 3. The van der Waals surface area contributed by atoms with E-state index in [1.165, 1.54) is 10.7 Å². The number of hydrogen-bond donors (Lipinski definition) is 0. The van der Waals surface area contributed by atoms with Gasteiger partial charge in [-0.15, -0.1) is 0 Å². The van der Waals surface area contributed by atoms with Crippen LogP contribution in [-0.4, -0.2) is 19.9 Å². The van der Waals surface area contributed by atoms with Gasteiger partial charge in [-0.05, 0) is 31.5 Å². The molecule has 6 heteroatoms. The third kappa shape index (κ3) is 2.71. The van der Waals surface area contributed by atoms with Crippen molar-refractivity contribution in [3.63, 3.8) is 0 Å². The van der Waals surface area contributed by atoms with Crippen LogP contribution in [0.2, 0.25) is 0 Å². The highest BCUT2D eigenvalue weighted by atomic mass is 16.5. The number of benzene rings is 1. The Hall–Kier alpha value is -3.28. The van der Waals surface area contributed by atoms with Crippen molar-refractivity contribution >= 4 is 10.9 Å². The summed E-state index contributed by atoms with van der Waals surface area (Å²) in [6, 6.07) is 13.0. The van der Waals surface area contributed by atoms with Crippen LogP contribution in [0.25, 0.3) is 22.2 Å². The SMILES string of the molecule is Cc1noc(C)c1-c1ccc(=O)n(Cc2cccc3cccnc23)n1. The van der Waals surface area contributed by atoms with Gasteiger partial charge in [0.05, 0.1) is 29.0 Å². The predicted octanol–water partition coefficient (Wildman–Crippen LogP) is 3.11. The molecule has 0 unspecified atom stereocenters. The number of pyridine rings is 1. The van der Waals surface area contributed by atoms with Crippen LogP contribution in [-0.2, 0) is 6.54 Å². The summed E-state index contributed by atoms with van der Waals surface area (Å²) in [6.07, 6.45) is 1.75. The maximum absolute atomic E-state index is 12.3. The van der Waals surface area contributed by atoms with Crippen LogP contribution in [0, 0.1) is 13.8 Å². The number of hydrogen-bond acceptors (Lipinski definition) is 5. The van der Waals surface area contributed by atoms with Crippen LogP contribution in [0.5, 0.6) is 0 Å². The van der Waals surface area contributed by atoms with E-state index in [0.29, 0.717) is 18.0 Å². The molecular formula is C19H16N4O2. The topological polar surface area (TPSA) is 73.8 Å². The van der Waals surface area contributed by atoms with Crippen LogP contribution >= 0.6 is 0 Å². The Morgan fingerprint density at radius 1 is 1.08 bits per heavy atom. The Kier molecular flexibility index (Phi) is 3.65. The van der Waals surface area contributed by atoms with E-state index in [1.54, 1.807) is 12.3 Å². The van der Waals surface area contributed by atoms with E-state index in [2.05, 4.69) is 15.2 Å². The number of fused-ring (bicyclic) bond motifs is 1.